The first-order valence-electron chi connectivity index (χ1n) is 8.26. The molecule has 0 spiro atoms. The van der Waals surface area contributed by atoms with Crippen molar-refractivity contribution in [2.75, 3.05) is 18.0 Å². The van der Waals surface area contributed by atoms with E-state index in [1.54, 1.807) is 13.1 Å². The summed E-state index contributed by atoms with van der Waals surface area (Å²) in [6.45, 7) is 2.24. The van der Waals surface area contributed by atoms with Crippen LogP contribution in [0.3, 0.4) is 0 Å². The van der Waals surface area contributed by atoms with E-state index in [0.717, 1.165) is 25.9 Å². The lowest BCUT2D eigenvalue weighted by Gasteiger charge is -2.30. The molecular weight excluding hydrogens is 311 g/mol. The molecule has 9 heteroatoms. The SMILES string of the molecule is CC1CC(=O)C(O)B(c2cncc(N3CCCC3)n2)N(O)C(=O)C1. The quantitative estimate of drug-likeness (QED) is 0.550. The van der Waals surface area contributed by atoms with E-state index in [9.17, 15) is 19.9 Å². The van der Waals surface area contributed by atoms with E-state index < -0.39 is 24.5 Å². The minimum atomic E-state index is -1.52. The largest absolute Gasteiger partial charge is 0.391 e. The van der Waals surface area contributed by atoms with Gasteiger partial charge in [-0.25, -0.2) is 4.98 Å². The molecule has 2 saturated heterocycles. The van der Waals surface area contributed by atoms with Crippen molar-refractivity contribution in [3.63, 3.8) is 0 Å². The van der Waals surface area contributed by atoms with E-state index in [1.165, 1.54) is 6.20 Å². The van der Waals surface area contributed by atoms with E-state index in [-0.39, 0.29) is 24.4 Å². The van der Waals surface area contributed by atoms with Crippen molar-refractivity contribution in [3.05, 3.63) is 12.4 Å². The number of hydroxylamine groups is 1. The summed E-state index contributed by atoms with van der Waals surface area (Å²) in [5.41, 5.74) is 0.214. The van der Waals surface area contributed by atoms with Crippen molar-refractivity contribution in [1.82, 2.24) is 14.9 Å². The van der Waals surface area contributed by atoms with Gasteiger partial charge in [-0.1, -0.05) is 6.92 Å². The second-order valence-corrected chi connectivity index (χ2v) is 6.60. The minimum Gasteiger partial charge on any atom is -0.391 e. The molecule has 24 heavy (non-hydrogen) atoms. The highest BCUT2D eigenvalue weighted by molar-refractivity contribution is 6.75. The number of aliphatic hydroxyl groups excluding tert-OH is 1. The molecule has 2 unspecified atom stereocenters. The fourth-order valence-electron chi connectivity index (χ4n) is 3.29. The zero-order valence-corrected chi connectivity index (χ0v) is 13.6. The zero-order valence-electron chi connectivity index (χ0n) is 13.6. The predicted octanol–water partition coefficient (Wildman–Crippen LogP) is -0.608. The van der Waals surface area contributed by atoms with E-state index in [4.69, 9.17) is 0 Å². The maximum Gasteiger partial charge on any atom is 0.383 e. The van der Waals surface area contributed by atoms with Gasteiger partial charge in [0.1, 0.15) is 11.8 Å². The molecule has 2 N–H and O–H groups in total. The van der Waals surface area contributed by atoms with Crippen LogP contribution >= 0.6 is 0 Å². The Morgan fingerprint density at radius 1 is 1.21 bits per heavy atom. The van der Waals surface area contributed by atoms with E-state index in [1.807, 2.05) is 0 Å². The van der Waals surface area contributed by atoms with Crippen LogP contribution in [0, 0.1) is 5.92 Å². The predicted molar refractivity (Wildman–Crippen MR) is 86.9 cm³/mol. The summed E-state index contributed by atoms with van der Waals surface area (Å²) in [7, 11) is 0. The monoisotopic (exact) mass is 332 g/mol. The maximum atomic E-state index is 12.2. The van der Waals surface area contributed by atoms with E-state index >= 15 is 0 Å². The third kappa shape index (κ3) is 3.27. The Balaban J connectivity index is 1.93. The number of Topliss-reactive ketones (excluding diaryl/α,β-unsaturated/α-hetero) is 1. The average molecular weight is 332 g/mol. The molecular formula is C15H21BN4O4. The van der Waals surface area contributed by atoms with Gasteiger partial charge in [-0.05, 0) is 18.8 Å². The number of amides is 1. The standard InChI is InChI=1S/C15H21BN4O4/c1-10-6-11(21)15(23)16(20(24)14(22)7-10)12-8-17-9-13(18-12)19-4-2-3-5-19/h8-10,15,23-24H,2-7H2,1H3. The molecule has 128 valence electrons. The number of aromatic nitrogens is 2. The fraction of sp³-hybridized carbons (Fsp3) is 0.600. The molecule has 1 aromatic heterocycles. The number of carbonyl (C=O) groups excluding carboxylic acids is 2. The third-order valence-corrected chi connectivity index (χ3v) is 4.59. The van der Waals surface area contributed by atoms with Crippen LogP contribution in [-0.2, 0) is 9.59 Å². The van der Waals surface area contributed by atoms with Crippen LogP contribution in [0.5, 0.6) is 0 Å². The molecule has 0 aromatic carbocycles. The smallest absolute Gasteiger partial charge is 0.383 e. The Morgan fingerprint density at radius 3 is 2.62 bits per heavy atom. The summed E-state index contributed by atoms with van der Waals surface area (Å²) >= 11 is 0. The molecule has 2 aliphatic rings. The van der Waals surface area contributed by atoms with Crippen LogP contribution in [0.1, 0.15) is 32.6 Å². The lowest BCUT2D eigenvalue weighted by atomic mass is 9.51. The van der Waals surface area contributed by atoms with Gasteiger partial charge in [-0.15, -0.1) is 0 Å². The molecule has 0 radical (unpaired) electrons. The first-order valence-corrected chi connectivity index (χ1v) is 8.26. The van der Waals surface area contributed by atoms with Crippen LogP contribution in [-0.4, -0.2) is 62.9 Å². The van der Waals surface area contributed by atoms with E-state index in [2.05, 4.69) is 14.9 Å². The summed E-state index contributed by atoms with van der Waals surface area (Å²) in [4.78, 5) is 35.4. The van der Waals surface area contributed by atoms with Crippen LogP contribution in [0.2, 0.25) is 0 Å². The summed E-state index contributed by atoms with van der Waals surface area (Å²) in [6.07, 6.45) is 5.26. The lowest BCUT2D eigenvalue weighted by molar-refractivity contribution is -0.151. The highest BCUT2D eigenvalue weighted by Crippen LogP contribution is 2.19. The number of ketones is 1. The molecule has 3 heterocycles. The van der Waals surface area contributed by atoms with Crippen LogP contribution in [0.15, 0.2) is 12.4 Å². The van der Waals surface area contributed by atoms with Gasteiger partial charge in [0.25, 0.3) is 0 Å². The molecule has 8 nitrogen and oxygen atoms in total. The first-order chi connectivity index (χ1) is 11.5. The maximum absolute atomic E-state index is 12.2. The Hall–Kier alpha value is -2.00. The second-order valence-electron chi connectivity index (χ2n) is 6.60. The number of aliphatic hydroxyl groups is 1. The molecule has 2 atom stereocenters. The molecule has 1 aromatic rings. The number of carbonyl (C=O) groups is 2. The molecule has 0 saturated carbocycles. The van der Waals surface area contributed by atoms with Crippen molar-refractivity contribution >= 4 is 29.9 Å². The molecule has 3 rings (SSSR count). The highest BCUT2D eigenvalue weighted by Gasteiger charge is 2.43. The van der Waals surface area contributed by atoms with Gasteiger partial charge in [0.2, 0.25) is 5.91 Å². The number of anilines is 1. The molecule has 2 aliphatic heterocycles. The topological polar surface area (TPSA) is 107 Å². The van der Waals surface area contributed by atoms with Crippen molar-refractivity contribution in [1.29, 1.82) is 0 Å². The Morgan fingerprint density at radius 2 is 1.92 bits per heavy atom. The average Bonchev–Trinajstić information content (AvgIpc) is 3.08. The van der Waals surface area contributed by atoms with E-state index in [0.29, 0.717) is 10.8 Å². The minimum absolute atomic E-state index is 0.0463. The zero-order chi connectivity index (χ0) is 17.3. The van der Waals surface area contributed by atoms with Crippen molar-refractivity contribution in [3.8, 4) is 0 Å². The van der Waals surface area contributed by atoms with Gasteiger partial charge in [-0.3, -0.25) is 24.8 Å². The number of nitrogens with zero attached hydrogens (tertiary/aromatic N) is 4. The normalized spacial score (nSPS) is 25.9. The molecule has 0 bridgehead atoms. The highest BCUT2D eigenvalue weighted by atomic mass is 16.5. The third-order valence-electron chi connectivity index (χ3n) is 4.59. The Labute approximate surface area is 140 Å². The van der Waals surface area contributed by atoms with Crippen molar-refractivity contribution in [2.24, 2.45) is 5.92 Å². The Bertz CT molecular complexity index is 614. The number of rotatable bonds is 2. The molecule has 0 aliphatic carbocycles. The molecule has 1 amide bonds. The van der Waals surface area contributed by atoms with Gasteiger partial charge in [-0.2, -0.15) is 0 Å². The summed E-state index contributed by atoms with van der Waals surface area (Å²) in [5, 5.41) is 20.6. The summed E-state index contributed by atoms with van der Waals surface area (Å²) < 4.78 is 0. The fourth-order valence-corrected chi connectivity index (χ4v) is 3.29. The first kappa shape index (κ1) is 16.8. The lowest BCUT2D eigenvalue weighted by Crippen LogP contribution is -2.61. The second kappa shape index (κ2) is 6.86. The molecule has 2 fully saturated rings. The van der Waals surface area contributed by atoms with Crippen LogP contribution in [0.4, 0.5) is 5.82 Å². The summed E-state index contributed by atoms with van der Waals surface area (Å²) in [6, 6.07) is -1.52. The van der Waals surface area contributed by atoms with Crippen LogP contribution < -0.4 is 10.5 Å². The Kier molecular flexibility index (Phi) is 4.82. The number of hydrogen-bond donors (Lipinski definition) is 2. The van der Waals surface area contributed by atoms with Crippen LogP contribution in [0.25, 0.3) is 0 Å². The van der Waals surface area contributed by atoms with Crippen molar-refractivity contribution < 1.29 is 19.9 Å². The van der Waals surface area contributed by atoms with Gasteiger partial charge < -0.3 is 10.0 Å². The van der Waals surface area contributed by atoms with Crippen molar-refractivity contribution in [2.45, 2.75) is 38.6 Å². The summed E-state index contributed by atoms with van der Waals surface area (Å²) in [5.74, 6) is -0.543. The number of hydrogen-bond acceptors (Lipinski definition) is 7. The van der Waals surface area contributed by atoms with Gasteiger partial charge >= 0.3 is 6.85 Å². The van der Waals surface area contributed by atoms with Gasteiger partial charge in [0.15, 0.2) is 5.78 Å². The van der Waals surface area contributed by atoms with Gasteiger partial charge in [0, 0.05) is 32.1 Å². The van der Waals surface area contributed by atoms with Gasteiger partial charge in [0.05, 0.1) is 11.8 Å².